The van der Waals surface area contributed by atoms with Gasteiger partial charge in [0.2, 0.25) is 0 Å². The third kappa shape index (κ3) is 2.04. The van der Waals surface area contributed by atoms with E-state index in [1.807, 2.05) is 0 Å². The van der Waals surface area contributed by atoms with Gasteiger partial charge in [-0.15, -0.1) is 0 Å². The minimum atomic E-state index is 0.920. The van der Waals surface area contributed by atoms with Crippen molar-refractivity contribution in [1.82, 2.24) is 4.72 Å². The number of benzene rings is 2. The number of aryl methyl sites for hydroxylation is 1. The monoisotopic (exact) mass is 242 g/mol. The molecule has 0 aliphatic carbocycles. The van der Waals surface area contributed by atoms with Gasteiger partial charge in [-0.1, -0.05) is 30.3 Å². The summed E-state index contributed by atoms with van der Waals surface area (Å²) in [5.74, 6) is 0. The highest BCUT2D eigenvalue weighted by molar-refractivity contribution is 7.99. The van der Waals surface area contributed by atoms with Crippen LogP contribution in [0.25, 0.3) is 0 Å². The number of nitrogens with one attached hydrogen (secondary N) is 1. The van der Waals surface area contributed by atoms with E-state index in [2.05, 4.69) is 64.5 Å². The van der Waals surface area contributed by atoms with E-state index in [-0.39, 0.29) is 0 Å². The molecule has 86 valence electrons. The number of anilines is 2. The summed E-state index contributed by atoms with van der Waals surface area (Å²) in [6.07, 6.45) is 0. The van der Waals surface area contributed by atoms with Crippen LogP contribution >= 0.6 is 12.1 Å². The Balaban J connectivity index is 2.06. The molecule has 0 amide bonds. The van der Waals surface area contributed by atoms with Crippen molar-refractivity contribution in [3.05, 3.63) is 59.7 Å². The molecule has 2 nitrogen and oxygen atoms in total. The molecule has 0 atom stereocenters. The average molecular weight is 242 g/mol. The van der Waals surface area contributed by atoms with E-state index in [9.17, 15) is 0 Å². The third-order valence-corrected chi connectivity index (χ3v) is 3.73. The van der Waals surface area contributed by atoms with Crippen LogP contribution in [-0.2, 0) is 6.54 Å². The Morgan fingerprint density at radius 1 is 1.12 bits per heavy atom. The maximum absolute atomic E-state index is 3.35. The van der Waals surface area contributed by atoms with Crippen LogP contribution in [0.3, 0.4) is 0 Å². The fraction of sp³-hybridized carbons (Fsp3) is 0.143. The Labute approximate surface area is 106 Å². The molecule has 0 saturated heterocycles. The van der Waals surface area contributed by atoms with Crippen LogP contribution in [-0.4, -0.2) is 0 Å². The molecule has 0 unspecified atom stereocenters. The van der Waals surface area contributed by atoms with Gasteiger partial charge in [0.25, 0.3) is 0 Å². The number of nitrogens with zero attached hydrogens (tertiary/aromatic N) is 1. The SMILES string of the molecule is Cc1cccc(N2SNCc3ccccc32)c1. The van der Waals surface area contributed by atoms with Gasteiger partial charge in [0, 0.05) is 18.7 Å². The molecule has 1 N–H and O–H groups in total. The van der Waals surface area contributed by atoms with Crippen molar-refractivity contribution in [1.29, 1.82) is 0 Å². The summed E-state index contributed by atoms with van der Waals surface area (Å²) >= 11 is 1.65. The van der Waals surface area contributed by atoms with E-state index in [0.717, 1.165) is 6.54 Å². The van der Waals surface area contributed by atoms with E-state index >= 15 is 0 Å². The van der Waals surface area contributed by atoms with E-state index < -0.39 is 0 Å². The predicted octanol–water partition coefficient (Wildman–Crippen LogP) is 3.80. The highest BCUT2D eigenvalue weighted by Gasteiger charge is 2.18. The number of hydrogen-bond donors (Lipinski definition) is 1. The summed E-state index contributed by atoms with van der Waals surface area (Å²) in [5.41, 5.74) is 5.12. The van der Waals surface area contributed by atoms with E-state index in [1.165, 1.54) is 22.5 Å². The van der Waals surface area contributed by atoms with Crippen LogP contribution in [0.1, 0.15) is 11.1 Å². The normalized spacial score (nSPS) is 14.5. The topological polar surface area (TPSA) is 15.3 Å². The van der Waals surface area contributed by atoms with Gasteiger partial charge in [0.1, 0.15) is 0 Å². The Morgan fingerprint density at radius 3 is 2.88 bits per heavy atom. The van der Waals surface area contributed by atoms with Gasteiger partial charge >= 0.3 is 0 Å². The van der Waals surface area contributed by atoms with Gasteiger partial charge in [-0.2, -0.15) is 0 Å². The van der Waals surface area contributed by atoms with Crippen molar-refractivity contribution in [2.75, 3.05) is 4.31 Å². The lowest BCUT2D eigenvalue weighted by Gasteiger charge is -2.30. The molecule has 17 heavy (non-hydrogen) atoms. The lowest BCUT2D eigenvalue weighted by atomic mass is 10.1. The van der Waals surface area contributed by atoms with Crippen molar-refractivity contribution >= 4 is 23.5 Å². The lowest BCUT2D eigenvalue weighted by molar-refractivity contribution is 0.954. The van der Waals surface area contributed by atoms with E-state index in [0.29, 0.717) is 0 Å². The second kappa shape index (κ2) is 4.43. The maximum atomic E-state index is 3.35. The largest absolute Gasteiger partial charge is 0.271 e. The summed E-state index contributed by atoms with van der Waals surface area (Å²) in [7, 11) is 0. The Kier molecular flexibility index (Phi) is 2.79. The highest BCUT2D eigenvalue weighted by Crippen LogP contribution is 2.37. The summed E-state index contributed by atoms with van der Waals surface area (Å²) < 4.78 is 5.59. The molecule has 0 aromatic heterocycles. The molecular weight excluding hydrogens is 228 g/mol. The zero-order valence-corrected chi connectivity index (χ0v) is 10.5. The molecule has 1 aliphatic heterocycles. The van der Waals surface area contributed by atoms with Crippen molar-refractivity contribution < 1.29 is 0 Å². The second-order valence-corrected chi connectivity index (χ2v) is 5.01. The first-order valence-corrected chi connectivity index (χ1v) is 6.46. The molecule has 0 radical (unpaired) electrons. The zero-order valence-electron chi connectivity index (χ0n) is 9.68. The number of para-hydroxylation sites is 1. The van der Waals surface area contributed by atoms with E-state index in [1.54, 1.807) is 12.1 Å². The van der Waals surface area contributed by atoms with Gasteiger partial charge in [-0.05, 0) is 36.2 Å². The smallest absolute Gasteiger partial charge is 0.0582 e. The molecule has 1 aliphatic rings. The summed E-state index contributed by atoms with van der Waals surface area (Å²) in [4.78, 5) is 0. The maximum Gasteiger partial charge on any atom is 0.0582 e. The van der Waals surface area contributed by atoms with Gasteiger partial charge in [-0.25, -0.2) is 4.72 Å². The van der Waals surface area contributed by atoms with Crippen molar-refractivity contribution in [2.45, 2.75) is 13.5 Å². The van der Waals surface area contributed by atoms with Crippen LogP contribution < -0.4 is 9.03 Å². The standard InChI is InChI=1S/C14H14N2S/c1-11-5-4-7-13(9-11)16-14-8-3-2-6-12(14)10-15-17-16/h2-9,15H,10H2,1H3. The van der Waals surface area contributed by atoms with Crippen molar-refractivity contribution in [3.8, 4) is 0 Å². The molecular formula is C14H14N2S. The predicted molar refractivity (Wildman–Crippen MR) is 74.2 cm³/mol. The van der Waals surface area contributed by atoms with Crippen LogP contribution in [0.5, 0.6) is 0 Å². The second-order valence-electron chi connectivity index (χ2n) is 4.17. The minimum Gasteiger partial charge on any atom is -0.271 e. The van der Waals surface area contributed by atoms with Crippen LogP contribution in [0.2, 0.25) is 0 Å². The number of hydrogen-bond acceptors (Lipinski definition) is 3. The fourth-order valence-corrected chi connectivity index (χ4v) is 2.87. The molecule has 0 bridgehead atoms. The van der Waals surface area contributed by atoms with Crippen molar-refractivity contribution in [2.24, 2.45) is 0 Å². The molecule has 3 rings (SSSR count). The van der Waals surface area contributed by atoms with Gasteiger partial charge in [-0.3, -0.25) is 4.31 Å². The first kappa shape index (κ1) is 10.7. The molecule has 2 aromatic carbocycles. The first-order valence-electron chi connectivity index (χ1n) is 5.69. The fourth-order valence-electron chi connectivity index (χ4n) is 2.03. The highest BCUT2D eigenvalue weighted by atomic mass is 32.2. The third-order valence-electron chi connectivity index (χ3n) is 2.87. The molecule has 0 saturated carbocycles. The summed E-state index contributed by atoms with van der Waals surface area (Å²) in [6.45, 7) is 3.04. The Bertz CT molecular complexity index is 539. The summed E-state index contributed by atoms with van der Waals surface area (Å²) in [6, 6.07) is 17.1. The zero-order chi connectivity index (χ0) is 11.7. The van der Waals surface area contributed by atoms with Gasteiger partial charge in [0.05, 0.1) is 11.4 Å². The Hall–Kier alpha value is -1.45. The van der Waals surface area contributed by atoms with Crippen LogP contribution in [0.4, 0.5) is 11.4 Å². The molecule has 2 aromatic rings. The quantitative estimate of drug-likeness (QED) is 0.766. The van der Waals surface area contributed by atoms with Crippen molar-refractivity contribution in [3.63, 3.8) is 0 Å². The van der Waals surface area contributed by atoms with Crippen LogP contribution in [0.15, 0.2) is 48.5 Å². The molecule has 0 spiro atoms. The van der Waals surface area contributed by atoms with Gasteiger partial charge < -0.3 is 0 Å². The number of fused-ring (bicyclic) bond motifs is 1. The Morgan fingerprint density at radius 2 is 2.00 bits per heavy atom. The van der Waals surface area contributed by atoms with Gasteiger partial charge in [0.15, 0.2) is 0 Å². The molecule has 0 fully saturated rings. The summed E-state index contributed by atoms with van der Waals surface area (Å²) in [5, 5.41) is 0. The molecule has 3 heteroatoms. The first-order chi connectivity index (χ1) is 8.34. The minimum absolute atomic E-state index is 0.920. The average Bonchev–Trinajstić information content (AvgIpc) is 2.38. The van der Waals surface area contributed by atoms with E-state index in [4.69, 9.17) is 0 Å². The van der Waals surface area contributed by atoms with Crippen LogP contribution in [0, 0.1) is 6.92 Å². The number of rotatable bonds is 1. The lowest BCUT2D eigenvalue weighted by Crippen LogP contribution is -2.22. The molecule has 1 heterocycles.